The third kappa shape index (κ3) is 4.38. The summed E-state index contributed by atoms with van der Waals surface area (Å²) in [5.41, 5.74) is -0.717. The fourth-order valence-electron chi connectivity index (χ4n) is 3.05. The number of hydrogen-bond acceptors (Lipinski definition) is 5. The first-order chi connectivity index (χ1) is 11.3. The van der Waals surface area contributed by atoms with Gasteiger partial charge in [-0.2, -0.15) is 0 Å². The molecule has 1 aliphatic rings. The Labute approximate surface area is 143 Å². The van der Waals surface area contributed by atoms with E-state index < -0.39 is 0 Å². The van der Waals surface area contributed by atoms with Crippen molar-refractivity contribution < 1.29 is 13.9 Å². The zero-order chi connectivity index (χ0) is 17.7. The molecule has 0 aromatic carbocycles. The zero-order valence-electron chi connectivity index (χ0n) is 15.1. The van der Waals surface area contributed by atoms with Crippen molar-refractivity contribution in [1.29, 1.82) is 0 Å². The van der Waals surface area contributed by atoms with Crippen LogP contribution in [0.1, 0.15) is 50.1 Å². The first-order valence-corrected chi connectivity index (χ1v) is 8.52. The van der Waals surface area contributed by atoms with E-state index in [1.807, 2.05) is 13.8 Å². The van der Waals surface area contributed by atoms with Crippen LogP contribution >= 0.6 is 0 Å². The fourth-order valence-corrected chi connectivity index (χ4v) is 3.05. The molecule has 0 bridgehead atoms. The molecule has 1 aliphatic heterocycles. The molecule has 0 unspecified atom stereocenters. The van der Waals surface area contributed by atoms with Crippen molar-refractivity contribution >= 4 is 5.91 Å². The molecule has 1 fully saturated rings. The Hall–Kier alpha value is -1.82. The van der Waals surface area contributed by atoms with Crippen molar-refractivity contribution in [1.82, 2.24) is 9.80 Å². The zero-order valence-corrected chi connectivity index (χ0v) is 15.1. The molecule has 0 saturated carbocycles. The van der Waals surface area contributed by atoms with Crippen molar-refractivity contribution in [2.45, 2.75) is 45.1 Å². The number of rotatable bonds is 5. The molecular formula is C18H28N2O4. The molecule has 24 heavy (non-hydrogen) atoms. The van der Waals surface area contributed by atoms with Gasteiger partial charge in [-0.05, 0) is 39.8 Å². The van der Waals surface area contributed by atoms with Crippen molar-refractivity contribution in [2.24, 2.45) is 0 Å². The number of carbonyl (C=O) groups is 1. The summed E-state index contributed by atoms with van der Waals surface area (Å²) in [6, 6.07) is 1.19. The van der Waals surface area contributed by atoms with E-state index in [9.17, 15) is 9.59 Å². The lowest BCUT2D eigenvalue weighted by atomic mass is 10.0. The van der Waals surface area contributed by atoms with Gasteiger partial charge in [0, 0.05) is 19.7 Å². The van der Waals surface area contributed by atoms with Crippen LogP contribution in [0.4, 0.5) is 0 Å². The topological polar surface area (TPSA) is 63.0 Å². The number of methoxy groups -OCH3 is 1. The summed E-state index contributed by atoms with van der Waals surface area (Å²) in [6.07, 6.45) is 6.17. The second-order valence-electron chi connectivity index (χ2n) is 7.04. The number of ether oxygens (including phenoxy) is 1. The van der Waals surface area contributed by atoms with Crippen LogP contribution in [0.5, 0.6) is 5.75 Å². The normalized spacial score (nSPS) is 16.5. The number of likely N-dealkylation sites (tertiary alicyclic amines) is 1. The van der Waals surface area contributed by atoms with Crippen LogP contribution in [0.3, 0.4) is 0 Å². The SMILES string of the molecule is COc1coc(C(=O)N(C)C(C)(C)CN2CCCCCC2)cc1=O. The third-order valence-corrected chi connectivity index (χ3v) is 4.75. The number of amides is 1. The molecule has 1 saturated heterocycles. The summed E-state index contributed by atoms with van der Waals surface area (Å²) < 4.78 is 10.2. The van der Waals surface area contributed by atoms with Crippen molar-refractivity contribution in [3.63, 3.8) is 0 Å². The van der Waals surface area contributed by atoms with E-state index in [1.165, 1.54) is 45.1 Å². The van der Waals surface area contributed by atoms with Crippen LogP contribution in [0, 0.1) is 0 Å². The fraction of sp³-hybridized carbons (Fsp3) is 0.667. The molecule has 6 nitrogen and oxygen atoms in total. The molecule has 1 aromatic rings. The minimum absolute atomic E-state index is 0.0345. The van der Waals surface area contributed by atoms with E-state index in [0.29, 0.717) is 0 Å². The van der Waals surface area contributed by atoms with Crippen LogP contribution in [-0.4, -0.2) is 55.0 Å². The largest absolute Gasteiger partial charge is 0.490 e. The van der Waals surface area contributed by atoms with Gasteiger partial charge in [0.25, 0.3) is 5.91 Å². The number of carbonyl (C=O) groups excluding carboxylic acids is 1. The monoisotopic (exact) mass is 336 g/mol. The Morgan fingerprint density at radius 3 is 2.46 bits per heavy atom. The van der Waals surface area contributed by atoms with E-state index in [-0.39, 0.29) is 28.4 Å². The maximum absolute atomic E-state index is 12.7. The van der Waals surface area contributed by atoms with E-state index in [4.69, 9.17) is 9.15 Å². The lowest BCUT2D eigenvalue weighted by molar-refractivity contribution is 0.0503. The van der Waals surface area contributed by atoms with Gasteiger partial charge in [0.1, 0.15) is 6.26 Å². The highest BCUT2D eigenvalue weighted by molar-refractivity contribution is 5.91. The van der Waals surface area contributed by atoms with Gasteiger partial charge in [0.05, 0.1) is 12.6 Å². The van der Waals surface area contributed by atoms with Gasteiger partial charge in [-0.3, -0.25) is 9.59 Å². The number of nitrogens with zero attached hydrogens (tertiary/aromatic N) is 2. The predicted molar refractivity (Wildman–Crippen MR) is 92.6 cm³/mol. The maximum Gasteiger partial charge on any atom is 0.289 e. The van der Waals surface area contributed by atoms with Crippen LogP contribution in [0.2, 0.25) is 0 Å². The first kappa shape index (κ1) is 18.5. The van der Waals surface area contributed by atoms with Crippen LogP contribution < -0.4 is 10.2 Å². The van der Waals surface area contributed by atoms with Crippen LogP contribution in [0.25, 0.3) is 0 Å². The van der Waals surface area contributed by atoms with Gasteiger partial charge in [0.2, 0.25) is 11.2 Å². The maximum atomic E-state index is 12.7. The summed E-state index contributed by atoms with van der Waals surface area (Å²) in [4.78, 5) is 28.6. The summed E-state index contributed by atoms with van der Waals surface area (Å²) >= 11 is 0. The van der Waals surface area contributed by atoms with Crippen LogP contribution in [-0.2, 0) is 0 Å². The molecule has 0 N–H and O–H groups in total. The Morgan fingerprint density at radius 2 is 1.92 bits per heavy atom. The predicted octanol–water partition coefficient (Wildman–Crippen LogP) is 2.38. The molecule has 1 amide bonds. The van der Waals surface area contributed by atoms with Gasteiger partial charge in [-0.15, -0.1) is 0 Å². The second kappa shape index (κ2) is 7.83. The highest BCUT2D eigenvalue weighted by Crippen LogP contribution is 2.20. The molecule has 6 heteroatoms. The van der Waals surface area contributed by atoms with Crippen LogP contribution in [0.15, 0.2) is 21.5 Å². The lowest BCUT2D eigenvalue weighted by Gasteiger charge is -2.39. The average molecular weight is 336 g/mol. The van der Waals surface area contributed by atoms with Gasteiger partial charge in [-0.1, -0.05) is 12.8 Å². The van der Waals surface area contributed by atoms with Gasteiger partial charge in [-0.25, -0.2) is 0 Å². The molecule has 134 valence electrons. The van der Waals surface area contributed by atoms with Gasteiger partial charge < -0.3 is 19.0 Å². The molecule has 0 spiro atoms. The summed E-state index contributed by atoms with van der Waals surface area (Å²) in [7, 11) is 3.15. The van der Waals surface area contributed by atoms with Gasteiger partial charge >= 0.3 is 0 Å². The summed E-state index contributed by atoms with van der Waals surface area (Å²) in [5, 5.41) is 0. The Bertz CT molecular complexity index is 616. The summed E-state index contributed by atoms with van der Waals surface area (Å²) in [6.45, 7) is 7.02. The molecular weight excluding hydrogens is 308 g/mol. The molecule has 2 rings (SSSR count). The molecule has 1 aromatic heterocycles. The van der Waals surface area contributed by atoms with E-state index in [2.05, 4.69) is 4.90 Å². The molecule has 0 aliphatic carbocycles. The minimum atomic E-state index is -0.361. The molecule has 0 atom stereocenters. The van der Waals surface area contributed by atoms with E-state index in [0.717, 1.165) is 19.6 Å². The number of hydrogen-bond donors (Lipinski definition) is 0. The lowest BCUT2D eigenvalue weighted by Crippen LogP contribution is -2.52. The summed E-state index contributed by atoms with van der Waals surface area (Å²) in [5.74, 6) is -0.167. The van der Waals surface area contributed by atoms with E-state index >= 15 is 0 Å². The van der Waals surface area contributed by atoms with Crippen molar-refractivity contribution in [2.75, 3.05) is 33.8 Å². The average Bonchev–Trinajstić information content (AvgIpc) is 2.81. The highest BCUT2D eigenvalue weighted by Gasteiger charge is 2.32. The first-order valence-electron chi connectivity index (χ1n) is 8.52. The van der Waals surface area contributed by atoms with Crippen molar-refractivity contribution in [3.8, 4) is 5.75 Å². The third-order valence-electron chi connectivity index (χ3n) is 4.75. The van der Waals surface area contributed by atoms with Crippen molar-refractivity contribution in [3.05, 3.63) is 28.3 Å². The standard InChI is InChI=1S/C18H28N2O4/c1-18(2,13-20-9-7-5-6-8-10-20)19(3)17(22)15-11-14(21)16(23-4)12-24-15/h11-12H,5-10,13H2,1-4H3. The highest BCUT2D eigenvalue weighted by atomic mass is 16.5. The Morgan fingerprint density at radius 1 is 1.29 bits per heavy atom. The second-order valence-corrected chi connectivity index (χ2v) is 7.04. The Kier molecular flexibility index (Phi) is 6.04. The Balaban J connectivity index is 2.09. The molecule has 0 radical (unpaired) electrons. The quantitative estimate of drug-likeness (QED) is 0.826. The molecule has 2 heterocycles. The van der Waals surface area contributed by atoms with E-state index in [1.54, 1.807) is 11.9 Å². The smallest absolute Gasteiger partial charge is 0.289 e. The minimum Gasteiger partial charge on any atom is -0.490 e. The van der Waals surface area contributed by atoms with Gasteiger partial charge in [0.15, 0.2) is 5.76 Å². The number of likely N-dealkylation sites (N-methyl/N-ethyl adjacent to an activating group) is 1.